The van der Waals surface area contributed by atoms with Crippen molar-refractivity contribution in [3.05, 3.63) is 66.4 Å². The maximum atomic E-state index is 12.8. The molecule has 1 amide bonds. The Balaban J connectivity index is 1.64. The van der Waals surface area contributed by atoms with Crippen LogP contribution in [-0.4, -0.2) is 54.2 Å². The molecule has 1 atom stereocenters. The normalized spacial score (nSPS) is 15.6. The highest BCUT2D eigenvalue weighted by Crippen LogP contribution is 2.29. The van der Waals surface area contributed by atoms with Crippen molar-refractivity contribution in [3.8, 4) is 17.0 Å². The summed E-state index contributed by atoms with van der Waals surface area (Å²) in [5.41, 5.74) is 2.93. The Morgan fingerprint density at radius 1 is 1.17 bits per heavy atom. The Labute approximate surface area is 175 Å². The second-order valence-corrected chi connectivity index (χ2v) is 7.27. The molecule has 7 nitrogen and oxygen atoms in total. The summed E-state index contributed by atoms with van der Waals surface area (Å²) < 4.78 is 11.4. The number of para-hydroxylation sites is 1. The zero-order valence-corrected chi connectivity index (χ0v) is 17.0. The summed E-state index contributed by atoms with van der Waals surface area (Å²) in [5.74, 6) is 0.926. The first-order valence-corrected chi connectivity index (χ1v) is 9.86. The third kappa shape index (κ3) is 4.58. The summed E-state index contributed by atoms with van der Waals surface area (Å²) in [6, 6.07) is 17.1. The maximum absolute atomic E-state index is 12.8. The van der Waals surface area contributed by atoms with Gasteiger partial charge in [0.1, 0.15) is 11.9 Å². The lowest BCUT2D eigenvalue weighted by molar-refractivity contribution is 0.0817. The molecule has 1 N–H and O–H groups in total. The van der Waals surface area contributed by atoms with Gasteiger partial charge in [0.15, 0.2) is 0 Å². The van der Waals surface area contributed by atoms with Crippen LogP contribution in [0.25, 0.3) is 11.3 Å². The van der Waals surface area contributed by atoms with Gasteiger partial charge in [-0.05, 0) is 36.4 Å². The van der Waals surface area contributed by atoms with Crippen LogP contribution >= 0.6 is 0 Å². The molecule has 2 aromatic carbocycles. The molecule has 0 aliphatic carbocycles. The van der Waals surface area contributed by atoms with Crippen molar-refractivity contribution in [2.75, 3.05) is 32.6 Å². The summed E-state index contributed by atoms with van der Waals surface area (Å²) in [4.78, 5) is 23.2. The lowest BCUT2D eigenvalue weighted by Gasteiger charge is -2.18. The van der Waals surface area contributed by atoms with Crippen molar-refractivity contribution in [1.29, 1.82) is 0 Å². The summed E-state index contributed by atoms with van der Waals surface area (Å²) in [6.07, 6.45) is 2.48. The number of ether oxygens (including phenoxy) is 2. The number of nitrogens with zero attached hydrogens (tertiary/aromatic N) is 3. The highest BCUT2D eigenvalue weighted by Gasteiger charge is 2.22. The number of carbonyl (C=O) groups is 1. The van der Waals surface area contributed by atoms with E-state index in [1.807, 2.05) is 54.6 Å². The Bertz CT molecular complexity index is 1020. The first kappa shape index (κ1) is 19.8. The van der Waals surface area contributed by atoms with Crippen LogP contribution in [-0.2, 0) is 4.74 Å². The summed E-state index contributed by atoms with van der Waals surface area (Å²) in [7, 11) is 3.45. The van der Waals surface area contributed by atoms with E-state index in [0.29, 0.717) is 36.2 Å². The fourth-order valence-corrected chi connectivity index (χ4v) is 3.22. The van der Waals surface area contributed by atoms with E-state index in [2.05, 4.69) is 15.3 Å². The van der Waals surface area contributed by atoms with Crippen LogP contribution in [0.3, 0.4) is 0 Å². The van der Waals surface area contributed by atoms with E-state index in [-0.39, 0.29) is 12.0 Å². The predicted molar refractivity (Wildman–Crippen MR) is 115 cm³/mol. The Morgan fingerprint density at radius 3 is 2.73 bits per heavy atom. The average Bonchev–Trinajstić information content (AvgIpc) is 3.27. The number of amides is 1. The SMILES string of the molecule is CN(C)C(=O)c1cc(-c2ccnc(Nc3ccccc3)n2)ccc1O[C@@H]1CCOC1. The Morgan fingerprint density at radius 2 is 2.00 bits per heavy atom. The van der Waals surface area contributed by atoms with Gasteiger partial charge in [0, 0.05) is 38.0 Å². The second kappa shape index (κ2) is 8.92. The number of anilines is 2. The van der Waals surface area contributed by atoms with Crippen LogP contribution in [0.2, 0.25) is 0 Å². The van der Waals surface area contributed by atoms with Crippen molar-refractivity contribution < 1.29 is 14.3 Å². The van der Waals surface area contributed by atoms with Gasteiger partial charge in [0.2, 0.25) is 5.95 Å². The minimum atomic E-state index is -0.123. The number of aromatic nitrogens is 2. The number of benzene rings is 2. The molecule has 0 bridgehead atoms. The largest absolute Gasteiger partial charge is 0.487 e. The summed E-state index contributed by atoms with van der Waals surface area (Å²) >= 11 is 0. The van der Waals surface area contributed by atoms with Gasteiger partial charge in [0.05, 0.1) is 24.5 Å². The molecule has 3 aromatic rings. The van der Waals surface area contributed by atoms with E-state index < -0.39 is 0 Å². The first-order chi connectivity index (χ1) is 14.6. The van der Waals surface area contributed by atoms with Crippen LogP contribution in [0.5, 0.6) is 5.75 Å². The molecular weight excluding hydrogens is 380 g/mol. The van der Waals surface area contributed by atoms with E-state index in [1.54, 1.807) is 25.2 Å². The Kier molecular flexibility index (Phi) is 5.90. The van der Waals surface area contributed by atoms with Gasteiger partial charge >= 0.3 is 0 Å². The van der Waals surface area contributed by atoms with Crippen molar-refractivity contribution in [2.24, 2.45) is 0 Å². The number of hydrogen-bond acceptors (Lipinski definition) is 6. The van der Waals surface area contributed by atoms with E-state index in [1.165, 1.54) is 0 Å². The molecule has 1 aliphatic rings. The topological polar surface area (TPSA) is 76.6 Å². The maximum Gasteiger partial charge on any atom is 0.257 e. The summed E-state index contributed by atoms with van der Waals surface area (Å²) in [5, 5.41) is 3.19. The van der Waals surface area contributed by atoms with E-state index >= 15 is 0 Å². The highest BCUT2D eigenvalue weighted by atomic mass is 16.5. The lowest BCUT2D eigenvalue weighted by Crippen LogP contribution is -2.24. The van der Waals surface area contributed by atoms with E-state index in [0.717, 1.165) is 17.7 Å². The lowest BCUT2D eigenvalue weighted by atomic mass is 10.1. The summed E-state index contributed by atoms with van der Waals surface area (Å²) in [6.45, 7) is 1.22. The number of rotatable bonds is 6. The highest BCUT2D eigenvalue weighted by molar-refractivity contribution is 5.97. The minimum Gasteiger partial charge on any atom is -0.487 e. The van der Waals surface area contributed by atoms with Gasteiger partial charge in [-0.3, -0.25) is 4.79 Å². The fraction of sp³-hybridized carbons (Fsp3) is 0.261. The molecule has 7 heteroatoms. The van der Waals surface area contributed by atoms with E-state index in [9.17, 15) is 4.79 Å². The average molecular weight is 404 g/mol. The van der Waals surface area contributed by atoms with Crippen LogP contribution in [0.15, 0.2) is 60.8 Å². The molecule has 0 radical (unpaired) electrons. The quantitative estimate of drug-likeness (QED) is 0.674. The smallest absolute Gasteiger partial charge is 0.257 e. The van der Waals surface area contributed by atoms with Crippen molar-refractivity contribution in [3.63, 3.8) is 0 Å². The van der Waals surface area contributed by atoms with Gasteiger partial charge in [0.25, 0.3) is 5.91 Å². The molecule has 0 unspecified atom stereocenters. The van der Waals surface area contributed by atoms with Crippen molar-refractivity contribution >= 4 is 17.5 Å². The number of nitrogens with one attached hydrogen (secondary N) is 1. The molecule has 1 fully saturated rings. The van der Waals surface area contributed by atoms with Crippen molar-refractivity contribution in [1.82, 2.24) is 14.9 Å². The molecule has 0 saturated carbocycles. The minimum absolute atomic E-state index is 0.0368. The molecule has 4 rings (SSSR count). The van der Waals surface area contributed by atoms with Gasteiger partial charge in [-0.2, -0.15) is 0 Å². The van der Waals surface area contributed by atoms with Gasteiger partial charge in [-0.25, -0.2) is 9.97 Å². The fourth-order valence-electron chi connectivity index (χ4n) is 3.22. The third-order valence-corrected chi connectivity index (χ3v) is 4.78. The third-order valence-electron chi connectivity index (χ3n) is 4.78. The van der Waals surface area contributed by atoms with Crippen LogP contribution in [0.4, 0.5) is 11.6 Å². The molecule has 154 valence electrons. The molecule has 0 spiro atoms. The second-order valence-electron chi connectivity index (χ2n) is 7.27. The monoisotopic (exact) mass is 404 g/mol. The molecule has 30 heavy (non-hydrogen) atoms. The molecule has 1 saturated heterocycles. The predicted octanol–water partition coefficient (Wildman–Crippen LogP) is 3.76. The Hall–Kier alpha value is -3.45. The van der Waals surface area contributed by atoms with Crippen LogP contribution in [0.1, 0.15) is 16.8 Å². The van der Waals surface area contributed by atoms with Crippen LogP contribution in [0, 0.1) is 0 Å². The zero-order chi connectivity index (χ0) is 20.9. The zero-order valence-electron chi connectivity index (χ0n) is 17.0. The van der Waals surface area contributed by atoms with Crippen molar-refractivity contribution in [2.45, 2.75) is 12.5 Å². The van der Waals surface area contributed by atoms with Gasteiger partial charge in [-0.15, -0.1) is 0 Å². The van der Waals surface area contributed by atoms with Gasteiger partial charge in [-0.1, -0.05) is 18.2 Å². The molecular formula is C23H24N4O3. The number of carbonyl (C=O) groups excluding carboxylic acids is 1. The first-order valence-electron chi connectivity index (χ1n) is 9.86. The molecule has 2 heterocycles. The van der Waals surface area contributed by atoms with Crippen LogP contribution < -0.4 is 10.1 Å². The standard InChI is InChI=1S/C23H24N4O3/c1-27(2)22(28)19-14-16(8-9-21(19)30-18-11-13-29-15-18)20-10-12-24-23(26-20)25-17-6-4-3-5-7-17/h3-10,12,14,18H,11,13,15H2,1-2H3,(H,24,25,26)/t18-/m1/s1. The molecule has 1 aromatic heterocycles. The van der Waals surface area contributed by atoms with E-state index in [4.69, 9.17) is 9.47 Å². The van der Waals surface area contributed by atoms with Gasteiger partial charge < -0.3 is 19.7 Å². The molecule has 1 aliphatic heterocycles. The number of hydrogen-bond donors (Lipinski definition) is 1.